The average Bonchev–Trinajstić information content (AvgIpc) is 2.54. The van der Waals surface area contributed by atoms with E-state index in [1.165, 1.54) is 0 Å². The molecule has 2 aliphatic heterocycles. The van der Waals surface area contributed by atoms with Crippen LogP contribution in [0.5, 0.6) is 5.75 Å². The largest absolute Gasteiger partial charge is 0.494 e. The molecule has 0 radical (unpaired) electrons. The van der Waals surface area contributed by atoms with E-state index in [0.29, 0.717) is 13.2 Å². The lowest BCUT2D eigenvalue weighted by Crippen LogP contribution is -2.41. The molecule has 0 atom stereocenters. The minimum Gasteiger partial charge on any atom is -0.486 e. The highest BCUT2D eigenvalue weighted by molar-refractivity contribution is 6.62. The molecular formula is C15H21BO4. The Morgan fingerprint density at radius 3 is 2.30 bits per heavy atom. The lowest BCUT2D eigenvalue weighted by atomic mass is 9.79. The Labute approximate surface area is 120 Å². The van der Waals surface area contributed by atoms with E-state index >= 15 is 0 Å². The second-order valence-electron chi connectivity index (χ2n) is 6.44. The highest BCUT2D eigenvalue weighted by atomic mass is 16.7. The molecular weight excluding hydrogens is 255 g/mol. The monoisotopic (exact) mass is 276 g/mol. The van der Waals surface area contributed by atoms with Crippen molar-refractivity contribution in [1.82, 2.24) is 0 Å². The van der Waals surface area contributed by atoms with Gasteiger partial charge in [-0.1, -0.05) is 12.1 Å². The van der Waals surface area contributed by atoms with Crippen molar-refractivity contribution in [3.8, 4) is 5.75 Å². The van der Waals surface area contributed by atoms with Gasteiger partial charge in [-0.15, -0.1) is 0 Å². The van der Waals surface area contributed by atoms with Crippen LogP contribution in [0.25, 0.3) is 0 Å². The lowest BCUT2D eigenvalue weighted by molar-refractivity contribution is -0.0796. The van der Waals surface area contributed by atoms with E-state index in [4.69, 9.17) is 18.8 Å². The zero-order valence-electron chi connectivity index (χ0n) is 12.5. The third kappa shape index (κ3) is 2.46. The molecule has 2 aliphatic rings. The summed E-state index contributed by atoms with van der Waals surface area (Å²) in [6.07, 6.45) is 0.170. The Kier molecular flexibility index (Phi) is 3.31. The molecule has 1 aromatic rings. The summed E-state index contributed by atoms with van der Waals surface area (Å²) in [4.78, 5) is 0. The van der Waals surface area contributed by atoms with E-state index in [1.807, 2.05) is 24.3 Å². The predicted octanol–water partition coefficient (Wildman–Crippen LogP) is 1.76. The molecule has 0 N–H and O–H groups in total. The first-order valence-electron chi connectivity index (χ1n) is 7.07. The molecule has 2 heterocycles. The molecule has 4 nitrogen and oxygen atoms in total. The van der Waals surface area contributed by atoms with E-state index in [-0.39, 0.29) is 24.4 Å². The summed E-state index contributed by atoms with van der Waals surface area (Å²) >= 11 is 0. The smallest absolute Gasteiger partial charge is 0.486 e. The Morgan fingerprint density at radius 1 is 1.10 bits per heavy atom. The van der Waals surface area contributed by atoms with Gasteiger partial charge in [-0.25, -0.2) is 0 Å². The third-order valence-corrected chi connectivity index (χ3v) is 4.29. The van der Waals surface area contributed by atoms with Gasteiger partial charge in [0.2, 0.25) is 0 Å². The second-order valence-corrected chi connectivity index (χ2v) is 6.44. The molecule has 0 bridgehead atoms. The summed E-state index contributed by atoms with van der Waals surface area (Å²) in [6.45, 7) is 9.55. The summed E-state index contributed by atoms with van der Waals surface area (Å²) in [6, 6.07) is 7.91. The first-order valence-corrected chi connectivity index (χ1v) is 7.07. The minimum absolute atomic E-state index is 0.170. The van der Waals surface area contributed by atoms with Gasteiger partial charge in [0, 0.05) is 0 Å². The number of ether oxygens (including phenoxy) is 2. The fourth-order valence-corrected chi connectivity index (χ4v) is 2.19. The van der Waals surface area contributed by atoms with Crippen molar-refractivity contribution in [3.63, 3.8) is 0 Å². The van der Waals surface area contributed by atoms with Crippen LogP contribution in [0.15, 0.2) is 24.3 Å². The van der Waals surface area contributed by atoms with Crippen LogP contribution in [-0.2, 0) is 14.0 Å². The molecule has 5 heteroatoms. The van der Waals surface area contributed by atoms with Crippen molar-refractivity contribution in [2.24, 2.45) is 0 Å². The standard InChI is InChI=1S/C15H21BO4/c1-14(2)15(3,4)20-16(19-14)11-6-5-7-12(8-11)18-13-9-17-10-13/h5-8,13H,9-10H2,1-4H3. The van der Waals surface area contributed by atoms with Crippen molar-refractivity contribution >= 4 is 12.6 Å². The topological polar surface area (TPSA) is 36.9 Å². The maximum Gasteiger partial charge on any atom is 0.494 e. The quantitative estimate of drug-likeness (QED) is 0.788. The number of benzene rings is 1. The predicted molar refractivity (Wildman–Crippen MR) is 77.4 cm³/mol. The van der Waals surface area contributed by atoms with E-state index < -0.39 is 0 Å². The highest BCUT2D eigenvalue weighted by Crippen LogP contribution is 2.36. The van der Waals surface area contributed by atoms with E-state index in [0.717, 1.165) is 11.2 Å². The van der Waals surface area contributed by atoms with Crippen molar-refractivity contribution in [3.05, 3.63) is 24.3 Å². The van der Waals surface area contributed by atoms with E-state index in [2.05, 4.69) is 27.7 Å². The SMILES string of the molecule is CC1(C)OB(c2cccc(OC3COC3)c2)OC1(C)C. The summed E-state index contributed by atoms with van der Waals surface area (Å²) in [5, 5.41) is 0. The molecule has 108 valence electrons. The van der Waals surface area contributed by atoms with Crippen molar-refractivity contribution < 1.29 is 18.8 Å². The summed E-state index contributed by atoms with van der Waals surface area (Å²) in [5.74, 6) is 0.838. The Bertz CT molecular complexity index is 480. The Morgan fingerprint density at radius 2 is 1.75 bits per heavy atom. The van der Waals surface area contributed by atoms with Gasteiger partial charge < -0.3 is 18.8 Å². The van der Waals surface area contributed by atoms with Crippen LogP contribution in [0.3, 0.4) is 0 Å². The molecule has 0 amide bonds. The van der Waals surface area contributed by atoms with Crippen LogP contribution in [0.1, 0.15) is 27.7 Å². The van der Waals surface area contributed by atoms with Gasteiger partial charge >= 0.3 is 7.12 Å². The zero-order chi connectivity index (χ0) is 14.4. The van der Waals surface area contributed by atoms with Gasteiger partial charge in [0.15, 0.2) is 0 Å². The highest BCUT2D eigenvalue weighted by Gasteiger charge is 2.51. The second kappa shape index (κ2) is 4.76. The first-order chi connectivity index (χ1) is 9.37. The van der Waals surface area contributed by atoms with Crippen LogP contribution in [0.4, 0.5) is 0 Å². The van der Waals surface area contributed by atoms with Crippen LogP contribution >= 0.6 is 0 Å². The van der Waals surface area contributed by atoms with E-state index in [1.54, 1.807) is 0 Å². The van der Waals surface area contributed by atoms with Gasteiger partial charge in [0.25, 0.3) is 0 Å². The number of hydrogen-bond acceptors (Lipinski definition) is 4. The van der Waals surface area contributed by atoms with Crippen LogP contribution in [0, 0.1) is 0 Å². The molecule has 2 fully saturated rings. The molecule has 0 aromatic heterocycles. The molecule has 0 unspecified atom stereocenters. The van der Waals surface area contributed by atoms with Crippen LogP contribution < -0.4 is 10.2 Å². The summed E-state index contributed by atoms with van der Waals surface area (Å²) in [7, 11) is -0.346. The molecule has 0 saturated carbocycles. The number of rotatable bonds is 3. The van der Waals surface area contributed by atoms with Crippen molar-refractivity contribution in [2.45, 2.75) is 45.0 Å². The lowest BCUT2D eigenvalue weighted by Gasteiger charge is -2.32. The zero-order valence-corrected chi connectivity index (χ0v) is 12.5. The fraction of sp³-hybridized carbons (Fsp3) is 0.600. The normalized spacial score (nSPS) is 24.5. The van der Waals surface area contributed by atoms with Crippen LogP contribution in [-0.4, -0.2) is 37.6 Å². The molecule has 1 aromatic carbocycles. The van der Waals surface area contributed by atoms with Crippen LogP contribution in [0.2, 0.25) is 0 Å². The maximum atomic E-state index is 6.05. The van der Waals surface area contributed by atoms with E-state index in [9.17, 15) is 0 Å². The molecule has 2 saturated heterocycles. The first kappa shape index (κ1) is 13.9. The van der Waals surface area contributed by atoms with Gasteiger partial charge in [0.1, 0.15) is 11.9 Å². The number of hydrogen-bond donors (Lipinski definition) is 0. The third-order valence-electron chi connectivity index (χ3n) is 4.29. The molecule has 0 spiro atoms. The molecule has 20 heavy (non-hydrogen) atoms. The molecule has 3 rings (SSSR count). The minimum atomic E-state index is -0.346. The van der Waals surface area contributed by atoms with Gasteiger partial charge in [-0.05, 0) is 45.3 Å². The van der Waals surface area contributed by atoms with Gasteiger partial charge in [0.05, 0.1) is 24.4 Å². The average molecular weight is 276 g/mol. The summed E-state index contributed by atoms with van der Waals surface area (Å²) in [5.41, 5.74) is 0.341. The van der Waals surface area contributed by atoms with Crippen molar-refractivity contribution in [2.75, 3.05) is 13.2 Å². The Hall–Kier alpha value is -1.04. The van der Waals surface area contributed by atoms with Gasteiger partial charge in [-0.3, -0.25) is 0 Å². The fourth-order valence-electron chi connectivity index (χ4n) is 2.19. The Balaban J connectivity index is 1.76. The summed E-state index contributed by atoms with van der Waals surface area (Å²) < 4.78 is 23.0. The maximum absolute atomic E-state index is 6.05. The van der Waals surface area contributed by atoms with Crippen molar-refractivity contribution in [1.29, 1.82) is 0 Å². The van der Waals surface area contributed by atoms with Gasteiger partial charge in [-0.2, -0.15) is 0 Å². The molecule has 0 aliphatic carbocycles.